The summed E-state index contributed by atoms with van der Waals surface area (Å²) in [6, 6.07) is 5.32. The van der Waals surface area contributed by atoms with Crippen molar-refractivity contribution in [2.45, 2.75) is 18.4 Å². The highest BCUT2D eigenvalue weighted by Crippen LogP contribution is 2.31. The third kappa shape index (κ3) is 2.14. The number of amidine groups is 1. The van der Waals surface area contributed by atoms with Gasteiger partial charge in [-0.15, -0.1) is 0 Å². The number of amides is 1. The number of carbonyl (C=O) groups excluding carboxylic acids is 1. The van der Waals surface area contributed by atoms with Gasteiger partial charge in [0.15, 0.2) is 0 Å². The third-order valence-corrected chi connectivity index (χ3v) is 4.44. The molecule has 0 unspecified atom stereocenters. The lowest BCUT2D eigenvalue weighted by molar-refractivity contribution is -0.124. The van der Waals surface area contributed by atoms with Crippen LogP contribution in [0.4, 0.5) is 0 Å². The minimum atomic E-state index is -0.633. The van der Waals surface area contributed by atoms with E-state index in [0.717, 1.165) is 13.1 Å². The summed E-state index contributed by atoms with van der Waals surface area (Å²) in [6.07, 6.45) is 1.42. The molecule has 0 radical (unpaired) electrons. The number of aliphatic imine (C=N–C) groups is 1. The van der Waals surface area contributed by atoms with Crippen LogP contribution < -0.4 is 10.6 Å². The Morgan fingerprint density at radius 1 is 1.21 bits per heavy atom. The van der Waals surface area contributed by atoms with Gasteiger partial charge in [0, 0.05) is 5.56 Å². The van der Waals surface area contributed by atoms with Gasteiger partial charge in [-0.1, -0.05) is 29.3 Å². The van der Waals surface area contributed by atoms with Gasteiger partial charge >= 0.3 is 0 Å². The Kier molecular flexibility index (Phi) is 3.25. The molecule has 2 heterocycles. The van der Waals surface area contributed by atoms with Gasteiger partial charge in [-0.3, -0.25) is 9.79 Å². The predicted octanol–water partition coefficient (Wildman–Crippen LogP) is 1.99. The smallest absolute Gasteiger partial charge is 0.253 e. The fraction of sp³-hybridized carbons (Fsp3) is 0.385. The number of hydrogen-bond acceptors (Lipinski definition) is 3. The van der Waals surface area contributed by atoms with Gasteiger partial charge in [-0.05, 0) is 38.1 Å². The van der Waals surface area contributed by atoms with Crippen molar-refractivity contribution in [2.75, 3.05) is 13.1 Å². The second kappa shape index (κ2) is 4.78. The first-order chi connectivity index (χ1) is 9.12. The maximum absolute atomic E-state index is 12.2. The third-order valence-electron chi connectivity index (χ3n) is 3.62. The van der Waals surface area contributed by atoms with Gasteiger partial charge in [-0.25, -0.2) is 0 Å². The topological polar surface area (TPSA) is 53.5 Å². The van der Waals surface area contributed by atoms with E-state index in [0.29, 0.717) is 34.3 Å². The molecule has 4 nitrogen and oxygen atoms in total. The predicted molar refractivity (Wildman–Crippen MR) is 76.0 cm³/mol. The number of rotatable bonds is 1. The molecule has 1 fully saturated rings. The molecule has 2 N–H and O–H groups in total. The molecule has 1 spiro atoms. The van der Waals surface area contributed by atoms with Crippen molar-refractivity contribution in [3.63, 3.8) is 0 Å². The summed E-state index contributed by atoms with van der Waals surface area (Å²) < 4.78 is 0. The zero-order valence-corrected chi connectivity index (χ0v) is 11.7. The van der Waals surface area contributed by atoms with Crippen molar-refractivity contribution >= 4 is 34.9 Å². The number of halogens is 2. The molecule has 3 rings (SSSR count). The van der Waals surface area contributed by atoms with Gasteiger partial charge in [-0.2, -0.15) is 0 Å². The van der Waals surface area contributed by atoms with Gasteiger partial charge < -0.3 is 10.6 Å². The summed E-state index contributed by atoms with van der Waals surface area (Å²) in [5.41, 5.74) is 0.0459. The molecule has 0 aliphatic carbocycles. The molecule has 6 heteroatoms. The monoisotopic (exact) mass is 297 g/mol. The zero-order chi connectivity index (χ0) is 13.5. The summed E-state index contributed by atoms with van der Waals surface area (Å²) in [5.74, 6) is 0.486. The van der Waals surface area contributed by atoms with E-state index in [1.807, 2.05) is 6.07 Å². The molecule has 100 valence electrons. The summed E-state index contributed by atoms with van der Waals surface area (Å²) in [7, 11) is 0. The van der Waals surface area contributed by atoms with Crippen molar-refractivity contribution in [1.29, 1.82) is 0 Å². The number of benzene rings is 1. The quantitative estimate of drug-likeness (QED) is 0.833. The van der Waals surface area contributed by atoms with Crippen LogP contribution in [-0.2, 0) is 4.79 Å². The van der Waals surface area contributed by atoms with Crippen molar-refractivity contribution in [2.24, 2.45) is 4.99 Å². The van der Waals surface area contributed by atoms with Crippen molar-refractivity contribution < 1.29 is 4.79 Å². The molecular formula is C13H13Cl2N3O. The lowest BCUT2D eigenvalue weighted by atomic mass is 9.89. The van der Waals surface area contributed by atoms with E-state index in [2.05, 4.69) is 15.6 Å². The van der Waals surface area contributed by atoms with Crippen molar-refractivity contribution in [1.82, 2.24) is 10.6 Å². The maximum atomic E-state index is 12.2. The standard InChI is InChI=1S/C13H13Cl2N3O/c14-9-3-1-2-8(10(9)15)11-17-12(19)13(18-11)4-6-16-7-5-13/h1-3,16H,4-7H2,(H,17,18,19). The van der Waals surface area contributed by atoms with Gasteiger partial charge in [0.2, 0.25) is 0 Å². The fourth-order valence-electron chi connectivity index (χ4n) is 2.51. The SMILES string of the molecule is O=C1NC(c2cccc(Cl)c2Cl)=NC12CCNCC2. The Hall–Kier alpha value is -1.10. The number of carbonyl (C=O) groups is 1. The van der Waals surface area contributed by atoms with E-state index in [1.165, 1.54) is 0 Å². The number of hydrogen-bond donors (Lipinski definition) is 2. The maximum Gasteiger partial charge on any atom is 0.253 e. The second-order valence-electron chi connectivity index (χ2n) is 4.80. The number of nitrogens with zero attached hydrogens (tertiary/aromatic N) is 1. The van der Waals surface area contributed by atoms with Crippen LogP contribution in [0.3, 0.4) is 0 Å². The highest BCUT2D eigenvalue weighted by atomic mass is 35.5. The molecule has 0 saturated carbocycles. The van der Waals surface area contributed by atoms with Crippen LogP contribution in [0, 0.1) is 0 Å². The summed E-state index contributed by atoms with van der Waals surface area (Å²) in [5, 5.41) is 6.96. The molecule has 0 bridgehead atoms. The number of nitrogens with one attached hydrogen (secondary N) is 2. The fourth-order valence-corrected chi connectivity index (χ4v) is 2.90. The first kappa shape index (κ1) is 12.9. The van der Waals surface area contributed by atoms with Gasteiger partial charge in [0.1, 0.15) is 11.4 Å². The average Bonchev–Trinajstić information content (AvgIpc) is 2.71. The van der Waals surface area contributed by atoms with E-state index < -0.39 is 5.54 Å². The van der Waals surface area contributed by atoms with E-state index in [-0.39, 0.29) is 5.91 Å². The lowest BCUT2D eigenvalue weighted by Gasteiger charge is -2.28. The van der Waals surface area contributed by atoms with E-state index in [9.17, 15) is 4.79 Å². The Bertz CT molecular complexity index is 565. The zero-order valence-electron chi connectivity index (χ0n) is 10.2. The largest absolute Gasteiger partial charge is 0.317 e. The Morgan fingerprint density at radius 3 is 2.68 bits per heavy atom. The molecule has 19 heavy (non-hydrogen) atoms. The van der Waals surface area contributed by atoms with Crippen LogP contribution in [0.5, 0.6) is 0 Å². The Morgan fingerprint density at radius 2 is 1.95 bits per heavy atom. The lowest BCUT2D eigenvalue weighted by Crippen LogP contribution is -2.47. The first-order valence-corrected chi connectivity index (χ1v) is 6.94. The summed E-state index contributed by atoms with van der Waals surface area (Å²) in [4.78, 5) is 16.8. The van der Waals surface area contributed by atoms with E-state index in [4.69, 9.17) is 23.2 Å². The molecular weight excluding hydrogens is 285 g/mol. The first-order valence-electron chi connectivity index (χ1n) is 6.19. The highest BCUT2D eigenvalue weighted by molar-refractivity contribution is 6.44. The van der Waals surface area contributed by atoms with Gasteiger partial charge in [0.25, 0.3) is 5.91 Å². The van der Waals surface area contributed by atoms with Crippen LogP contribution in [0.2, 0.25) is 10.0 Å². The molecule has 2 aliphatic heterocycles. The molecule has 1 saturated heterocycles. The van der Waals surface area contributed by atoms with Crippen LogP contribution in [0.15, 0.2) is 23.2 Å². The van der Waals surface area contributed by atoms with Crippen molar-refractivity contribution in [3.8, 4) is 0 Å². The molecule has 0 atom stereocenters. The number of piperidine rings is 1. The second-order valence-corrected chi connectivity index (χ2v) is 5.58. The van der Waals surface area contributed by atoms with Crippen LogP contribution >= 0.6 is 23.2 Å². The van der Waals surface area contributed by atoms with E-state index >= 15 is 0 Å². The highest BCUT2D eigenvalue weighted by Gasteiger charge is 2.44. The molecule has 1 amide bonds. The molecule has 2 aliphatic rings. The minimum absolute atomic E-state index is 0.0416. The normalized spacial score (nSPS) is 21.4. The van der Waals surface area contributed by atoms with Crippen LogP contribution in [0.1, 0.15) is 18.4 Å². The summed E-state index contributed by atoms with van der Waals surface area (Å²) >= 11 is 12.2. The van der Waals surface area contributed by atoms with Crippen molar-refractivity contribution in [3.05, 3.63) is 33.8 Å². The average molecular weight is 298 g/mol. The van der Waals surface area contributed by atoms with Gasteiger partial charge in [0.05, 0.1) is 10.0 Å². The Labute approximate surface area is 121 Å². The van der Waals surface area contributed by atoms with Crippen LogP contribution in [0.25, 0.3) is 0 Å². The van der Waals surface area contributed by atoms with Crippen LogP contribution in [-0.4, -0.2) is 30.4 Å². The Balaban J connectivity index is 2.00. The van der Waals surface area contributed by atoms with E-state index in [1.54, 1.807) is 12.1 Å². The molecule has 1 aromatic carbocycles. The summed E-state index contributed by atoms with van der Waals surface area (Å²) in [6.45, 7) is 1.60. The molecule has 0 aromatic heterocycles. The molecule has 1 aromatic rings. The minimum Gasteiger partial charge on any atom is -0.317 e.